The minimum Gasteiger partial charge on any atom is -0.382 e. The van der Waals surface area contributed by atoms with E-state index in [1.165, 1.54) is 12.1 Å². The van der Waals surface area contributed by atoms with Crippen molar-refractivity contribution in [3.8, 4) is 0 Å². The Balaban J connectivity index is 2.51. The number of fused-ring (bicyclic) bond motifs is 1. The van der Waals surface area contributed by atoms with Crippen molar-refractivity contribution in [3.05, 3.63) is 17.8 Å². The Morgan fingerprint density at radius 3 is 2.41 bits per heavy atom. The van der Waals surface area contributed by atoms with Crippen LogP contribution in [0.5, 0.6) is 0 Å². The zero-order valence-corrected chi connectivity index (χ0v) is 8.49. The normalized spacial score (nSPS) is 11.9. The highest BCUT2D eigenvalue weighted by Gasteiger charge is 2.28. The molecule has 5 nitrogen and oxygen atoms in total. The molecule has 2 aromatic rings. The topological polar surface area (TPSA) is 90.7 Å². The standard InChI is InChI=1S/C9H8F3N5/c10-9(11,12)3-4-1-2-5-6(15-4)7(13)17-8(14)16-5/h1-2H,3H2,(H4,13,14,16,17). The molecule has 0 atom stereocenters. The maximum atomic E-state index is 12.2. The average Bonchev–Trinajstić information content (AvgIpc) is 2.16. The monoisotopic (exact) mass is 243 g/mol. The van der Waals surface area contributed by atoms with Crippen LogP contribution >= 0.6 is 0 Å². The Hall–Kier alpha value is -2.12. The summed E-state index contributed by atoms with van der Waals surface area (Å²) in [6.07, 6.45) is -5.43. The largest absolute Gasteiger partial charge is 0.394 e. The van der Waals surface area contributed by atoms with Crippen molar-refractivity contribution in [3.63, 3.8) is 0 Å². The van der Waals surface area contributed by atoms with Gasteiger partial charge >= 0.3 is 6.18 Å². The van der Waals surface area contributed by atoms with E-state index in [9.17, 15) is 13.2 Å². The summed E-state index contributed by atoms with van der Waals surface area (Å²) >= 11 is 0. The fourth-order valence-electron chi connectivity index (χ4n) is 1.40. The number of aromatic nitrogens is 3. The van der Waals surface area contributed by atoms with Crippen LogP contribution in [0.4, 0.5) is 24.9 Å². The molecule has 2 rings (SSSR count). The van der Waals surface area contributed by atoms with Gasteiger partial charge in [0.05, 0.1) is 17.6 Å². The van der Waals surface area contributed by atoms with Crippen LogP contribution in [0.3, 0.4) is 0 Å². The molecular weight excluding hydrogens is 235 g/mol. The van der Waals surface area contributed by atoms with Gasteiger partial charge in [0.15, 0.2) is 5.82 Å². The molecule has 0 unspecified atom stereocenters. The van der Waals surface area contributed by atoms with Crippen molar-refractivity contribution in [2.24, 2.45) is 0 Å². The zero-order valence-electron chi connectivity index (χ0n) is 8.49. The van der Waals surface area contributed by atoms with Crippen LogP contribution < -0.4 is 11.5 Å². The van der Waals surface area contributed by atoms with E-state index in [2.05, 4.69) is 15.0 Å². The molecule has 0 aliphatic rings. The number of halogens is 3. The Morgan fingerprint density at radius 1 is 1.06 bits per heavy atom. The predicted octanol–water partition coefficient (Wildman–Crippen LogP) is 1.29. The molecule has 0 aliphatic carbocycles. The number of rotatable bonds is 1. The lowest BCUT2D eigenvalue weighted by molar-refractivity contribution is -0.127. The Labute approximate surface area is 93.7 Å². The predicted molar refractivity (Wildman–Crippen MR) is 55.9 cm³/mol. The van der Waals surface area contributed by atoms with E-state index < -0.39 is 12.6 Å². The number of nitrogens with two attached hydrogens (primary N) is 2. The molecule has 0 amide bonds. The first-order chi connectivity index (χ1) is 7.85. The molecule has 17 heavy (non-hydrogen) atoms. The van der Waals surface area contributed by atoms with Crippen molar-refractivity contribution in [2.75, 3.05) is 11.5 Å². The van der Waals surface area contributed by atoms with Crippen molar-refractivity contribution in [1.29, 1.82) is 0 Å². The molecule has 90 valence electrons. The van der Waals surface area contributed by atoms with Crippen LogP contribution in [0.1, 0.15) is 5.69 Å². The summed E-state index contributed by atoms with van der Waals surface area (Å²) < 4.78 is 36.6. The van der Waals surface area contributed by atoms with E-state index in [0.717, 1.165) is 0 Å². The van der Waals surface area contributed by atoms with Gasteiger partial charge in [-0.25, -0.2) is 9.97 Å². The van der Waals surface area contributed by atoms with E-state index >= 15 is 0 Å². The molecule has 2 heterocycles. The van der Waals surface area contributed by atoms with Gasteiger partial charge in [0.1, 0.15) is 5.52 Å². The first-order valence-corrected chi connectivity index (χ1v) is 4.60. The number of alkyl halides is 3. The third-order valence-electron chi connectivity index (χ3n) is 2.03. The Morgan fingerprint density at radius 2 is 1.76 bits per heavy atom. The molecule has 4 N–H and O–H groups in total. The first kappa shape index (κ1) is 11.4. The summed E-state index contributed by atoms with van der Waals surface area (Å²) in [7, 11) is 0. The molecule has 0 bridgehead atoms. The van der Waals surface area contributed by atoms with Crippen LogP contribution in [-0.2, 0) is 6.42 Å². The lowest BCUT2D eigenvalue weighted by atomic mass is 10.2. The van der Waals surface area contributed by atoms with Gasteiger partial charge in [-0.3, -0.25) is 0 Å². The molecule has 0 radical (unpaired) electrons. The summed E-state index contributed by atoms with van der Waals surface area (Å²) in [6.45, 7) is 0. The number of nitrogens with zero attached hydrogens (tertiary/aromatic N) is 3. The molecule has 8 heteroatoms. The van der Waals surface area contributed by atoms with Gasteiger partial charge < -0.3 is 11.5 Å². The summed E-state index contributed by atoms with van der Waals surface area (Å²) in [5.74, 6) is -0.0723. The van der Waals surface area contributed by atoms with Crippen LogP contribution in [0.15, 0.2) is 12.1 Å². The van der Waals surface area contributed by atoms with Gasteiger partial charge in [-0.05, 0) is 12.1 Å². The van der Waals surface area contributed by atoms with E-state index in [1.807, 2.05) is 0 Å². The SMILES string of the molecule is Nc1nc(N)c2nc(CC(F)(F)F)ccc2n1. The van der Waals surface area contributed by atoms with Crippen LogP contribution in [0.25, 0.3) is 11.0 Å². The molecular formula is C9H8F3N5. The molecule has 0 saturated heterocycles. The second kappa shape index (κ2) is 3.72. The third-order valence-corrected chi connectivity index (χ3v) is 2.03. The molecule has 0 spiro atoms. The smallest absolute Gasteiger partial charge is 0.382 e. The Bertz CT molecular complexity index is 566. The van der Waals surface area contributed by atoms with E-state index in [0.29, 0.717) is 5.52 Å². The molecule has 2 aromatic heterocycles. The minimum absolute atomic E-state index is 0.0310. The fourth-order valence-corrected chi connectivity index (χ4v) is 1.40. The molecule has 0 aromatic carbocycles. The first-order valence-electron chi connectivity index (χ1n) is 4.60. The summed E-state index contributed by atoms with van der Waals surface area (Å²) in [5.41, 5.74) is 11.2. The average molecular weight is 243 g/mol. The molecule has 0 aliphatic heterocycles. The van der Waals surface area contributed by atoms with E-state index in [1.54, 1.807) is 0 Å². The number of nitrogen functional groups attached to an aromatic ring is 2. The van der Waals surface area contributed by atoms with Crippen molar-refractivity contribution in [1.82, 2.24) is 15.0 Å². The minimum atomic E-state index is -4.32. The summed E-state index contributed by atoms with van der Waals surface area (Å²) in [5, 5.41) is 0. The van der Waals surface area contributed by atoms with Gasteiger partial charge in [-0.2, -0.15) is 18.2 Å². The highest BCUT2D eigenvalue weighted by Crippen LogP contribution is 2.23. The van der Waals surface area contributed by atoms with Crippen LogP contribution in [0.2, 0.25) is 0 Å². The second-order valence-electron chi connectivity index (χ2n) is 3.43. The van der Waals surface area contributed by atoms with Gasteiger partial charge in [-0.1, -0.05) is 0 Å². The highest BCUT2D eigenvalue weighted by atomic mass is 19.4. The fraction of sp³-hybridized carbons (Fsp3) is 0.222. The van der Waals surface area contributed by atoms with E-state index in [-0.39, 0.29) is 23.0 Å². The molecule has 0 saturated carbocycles. The summed E-state index contributed by atoms with van der Waals surface area (Å²) in [4.78, 5) is 11.2. The maximum Gasteiger partial charge on any atom is 0.394 e. The number of hydrogen-bond acceptors (Lipinski definition) is 5. The van der Waals surface area contributed by atoms with Gasteiger partial charge in [-0.15, -0.1) is 0 Å². The zero-order chi connectivity index (χ0) is 12.6. The molecule has 0 fully saturated rings. The van der Waals surface area contributed by atoms with Gasteiger partial charge in [0.25, 0.3) is 0 Å². The lowest BCUT2D eigenvalue weighted by Gasteiger charge is -2.07. The number of hydrogen-bond donors (Lipinski definition) is 2. The van der Waals surface area contributed by atoms with Crippen molar-refractivity contribution >= 4 is 22.8 Å². The second-order valence-corrected chi connectivity index (χ2v) is 3.43. The maximum absolute atomic E-state index is 12.2. The Kier molecular flexibility index (Phi) is 2.49. The number of pyridine rings is 1. The van der Waals surface area contributed by atoms with Crippen LogP contribution in [-0.4, -0.2) is 21.1 Å². The van der Waals surface area contributed by atoms with Crippen LogP contribution in [0, 0.1) is 0 Å². The quantitative estimate of drug-likeness (QED) is 0.787. The van der Waals surface area contributed by atoms with Crippen molar-refractivity contribution < 1.29 is 13.2 Å². The van der Waals surface area contributed by atoms with Gasteiger partial charge in [0.2, 0.25) is 5.95 Å². The summed E-state index contributed by atoms with van der Waals surface area (Å²) in [6, 6.07) is 2.62. The van der Waals surface area contributed by atoms with E-state index in [4.69, 9.17) is 11.5 Å². The number of anilines is 2. The van der Waals surface area contributed by atoms with Gasteiger partial charge in [0, 0.05) is 0 Å². The van der Waals surface area contributed by atoms with Crippen molar-refractivity contribution in [2.45, 2.75) is 12.6 Å². The highest BCUT2D eigenvalue weighted by molar-refractivity contribution is 5.84. The third kappa shape index (κ3) is 2.52. The lowest BCUT2D eigenvalue weighted by Crippen LogP contribution is -2.13.